The second kappa shape index (κ2) is 5.99. The molecule has 6 nitrogen and oxygen atoms in total. The first-order valence-corrected chi connectivity index (χ1v) is 7.83. The molecule has 0 heterocycles. The average Bonchev–Trinajstić information content (AvgIpc) is 2.78. The molecule has 3 N–H and O–H groups in total. The van der Waals surface area contributed by atoms with Gasteiger partial charge in [-0.2, -0.15) is 0 Å². The fourth-order valence-corrected chi connectivity index (χ4v) is 2.96. The van der Waals surface area contributed by atoms with Crippen molar-refractivity contribution in [3.63, 3.8) is 0 Å². The first-order valence-electron chi connectivity index (χ1n) is 6.23. The second-order valence-corrected chi connectivity index (χ2v) is 7.35. The summed E-state index contributed by atoms with van der Waals surface area (Å²) in [5.74, 6) is -0.177. The van der Waals surface area contributed by atoms with E-state index in [1.54, 1.807) is 0 Å². The summed E-state index contributed by atoms with van der Waals surface area (Å²) in [6, 6.07) is 0. The van der Waals surface area contributed by atoms with Crippen molar-refractivity contribution in [3.05, 3.63) is 0 Å². The maximum atomic E-state index is 12.1. The molecule has 0 aromatic rings. The van der Waals surface area contributed by atoms with E-state index >= 15 is 0 Å². The molecule has 0 unspecified atom stereocenters. The highest BCUT2D eigenvalue weighted by atomic mass is 32.2. The van der Waals surface area contributed by atoms with Gasteiger partial charge in [-0.3, -0.25) is 4.79 Å². The third kappa shape index (κ3) is 3.43. The van der Waals surface area contributed by atoms with Crippen LogP contribution in [0.4, 0.5) is 0 Å². The van der Waals surface area contributed by atoms with E-state index in [2.05, 4.69) is 5.32 Å². The van der Waals surface area contributed by atoms with Crippen molar-refractivity contribution in [3.8, 4) is 0 Å². The van der Waals surface area contributed by atoms with Crippen molar-refractivity contribution in [2.75, 3.05) is 32.9 Å². The van der Waals surface area contributed by atoms with E-state index < -0.39 is 15.4 Å². The van der Waals surface area contributed by atoms with Gasteiger partial charge in [0, 0.05) is 27.2 Å². The third-order valence-electron chi connectivity index (χ3n) is 3.63. The topological polar surface area (TPSA) is 92.5 Å². The predicted octanol–water partition coefficient (Wildman–Crippen LogP) is -0.487. The summed E-state index contributed by atoms with van der Waals surface area (Å²) in [6.07, 6.45) is 3.63. The lowest BCUT2D eigenvalue weighted by molar-refractivity contribution is -0.130. The lowest BCUT2D eigenvalue weighted by atomic mass is 9.85. The highest BCUT2D eigenvalue weighted by Crippen LogP contribution is 2.37. The van der Waals surface area contributed by atoms with Crippen LogP contribution in [0.5, 0.6) is 0 Å². The van der Waals surface area contributed by atoms with Crippen LogP contribution in [0.15, 0.2) is 0 Å². The molecule has 7 heteroatoms. The minimum Gasteiger partial charge on any atom is -0.355 e. The summed E-state index contributed by atoms with van der Waals surface area (Å²) in [4.78, 5) is 12.1. The molecule has 0 spiro atoms. The summed E-state index contributed by atoms with van der Waals surface area (Å²) < 4.78 is 24.2. The van der Waals surface area contributed by atoms with Gasteiger partial charge in [-0.15, -0.1) is 0 Å². The van der Waals surface area contributed by atoms with Crippen LogP contribution >= 0.6 is 0 Å². The van der Waals surface area contributed by atoms with Crippen molar-refractivity contribution in [2.45, 2.75) is 25.7 Å². The van der Waals surface area contributed by atoms with Crippen LogP contribution < -0.4 is 11.1 Å². The Balaban J connectivity index is 2.47. The Kier molecular flexibility index (Phi) is 5.12. The second-order valence-electron chi connectivity index (χ2n) is 5.05. The monoisotopic (exact) mass is 277 g/mol. The molecule has 1 rings (SSSR count). The SMILES string of the molecule is CN(C)S(=O)(=O)CCNC(=O)C1(CN)CCCC1. The number of nitrogens with zero attached hydrogens (tertiary/aromatic N) is 1. The fraction of sp³-hybridized carbons (Fsp3) is 0.909. The molecule has 0 bridgehead atoms. The van der Waals surface area contributed by atoms with Crippen molar-refractivity contribution in [2.24, 2.45) is 11.1 Å². The molecule has 1 amide bonds. The minimum absolute atomic E-state index is 0.0770. The van der Waals surface area contributed by atoms with Gasteiger partial charge in [0.1, 0.15) is 0 Å². The quantitative estimate of drug-likeness (QED) is 0.685. The molecule has 1 fully saturated rings. The molecule has 1 aliphatic rings. The van der Waals surface area contributed by atoms with Gasteiger partial charge < -0.3 is 11.1 Å². The normalized spacial score (nSPS) is 19.1. The zero-order chi connectivity index (χ0) is 13.8. The average molecular weight is 277 g/mol. The van der Waals surface area contributed by atoms with Crippen LogP contribution in [0, 0.1) is 5.41 Å². The third-order valence-corrected chi connectivity index (χ3v) is 5.47. The Morgan fingerprint density at radius 1 is 1.33 bits per heavy atom. The number of carbonyl (C=O) groups excluding carboxylic acids is 1. The Labute approximate surface area is 109 Å². The first kappa shape index (κ1) is 15.4. The zero-order valence-electron chi connectivity index (χ0n) is 11.1. The number of sulfonamides is 1. The Hall–Kier alpha value is -0.660. The summed E-state index contributed by atoms with van der Waals surface area (Å²) in [6.45, 7) is 0.473. The Morgan fingerprint density at radius 2 is 1.89 bits per heavy atom. The van der Waals surface area contributed by atoms with E-state index in [0.29, 0.717) is 6.54 Å². The zero-order valence-corrected chi connectivity index (χ0v) is 11.9. The highest BCUT2D eigenvalue weighted by molar-refractivity contribution is 7.89. The maximum absolute atomic E-state index is 12.1. The van der Waals surface area contributed by atoms with Crippen LogP contribution in [0.1, 0.15) is 25.7 Å². The smallest absolute Gasteiger partial charge is 0.227 e. The van der Waals surface area contributed by atoms with E-state index in [1.165, 1.54) is 14.1 Å². The van der Waals surface area contributed by atoms with Gasteiger partial charge in [-0.25, -0.2) is 12.7 Å². The van der Waals surface area contributed by atoms with Crippen LogP contribution in [0.2, 0.25) is 0 Å². The number of carbonyl (C=O) groups is 1. The molecule has 0 atom stereocenters. The highest BCUT2D eigenvalue weighted by Gasteiger charge is 2.39. The van der Waals surface area contributed by atoms with E-state index in [0.717, 1.165) is 30.0 Å². The van der Waals surface area contributed by atoms with Crippen LogP contribution in [0.3, 0.4) is 0 Å². The van der Waals surface area contributed by atoms with Crippen molar-refractivity contribution in [1.82, 2.24) is 9.62 Å². The van der Waals surface area contributed by atoms with Gasteiger partial charge in [0.05, 0.1) is 11.2 Å². The number of amides is 1. The summed E-state index contributed by atoms with van der Waals surface area (Å²) in [7, 11) is -0.293. The molecule has 1 aliphatic carbocycles. The maximum Gasteiger partial charge on any atom is 0.227 e. The van der Waals surface area contributed by atoms with Crippen molar-refractivity contribution >= 4 is 15.9 Å². The molecule has 0 saturated heterocycles. The summed E-state index contributed by atoms with van der Waals surface area (Å²) in [5, 5.41) is 2.70. The lowest BCUT2D eigenvalue weighted by Gasteiger charge is -2.25. The standard InChI is InChI=1S/C11H23N3O3S/c1-14(2)18(16,17)8-7-13-10(15)11(9-12)5-3-4-6-11/h3-9,12H2,1-2H3,(H,13,15). The Morgan fingerprint density at radius 3 is 2.33 bits per heavy atom. The Bertz CT molecular complexity index is 386. The number of hydrogen-bond donors (Lipinski definition) is 2. The van der Waals surface area contributed by atoms with Gasteiger partial charge in [0.25, 0.3) is 0 Å². The number of nitrogens with two attached hydrogens (primary N) is 1. The minimum atomic E-state index is -3.26. The largest absolute Gasteiger partial charge is 0.355 e. The lowest BCUT2D eigenvalue weighted by Crippen LogP contribution is -2.45. The van der Waals surface area contributed by atoms with Gasteiger partial charge in [-0.05, 0) is 12.8 Å². The molecule has 1 saturated carbocycles. The fourth-order valence-electron chi connectivity index (χ4n) is 2.24. The van der Waals surface area contributed by atoms with E-state index in [9.17, 15) is 13.2 Å². The summed E-state index contributed by atoms with van der Waals surface area (Å²) >= 11 is 0. The van der Waals surface area contributed by atoms with Crippen LogP contribution in [-0.4, -0.2) is 51.6 Å². The first-order chi connectivity index (χ1) is 8.34. The predicted molar refractivity (Wildman–Crippen MR) is 70.4 cm³/mol. The summed E-state index contributed by atoms with van der Waals surface area (Å²) in [5.41, 5.74) is 5.22. The molecule has 0 radical (unpaired) electrons. The molecule has 18 heavy (non-hydrogen) atoms. The molecule has 0 aromatic carbocycles. The van der Waals surface area contributed by atoms with Gasteiger partial charge >= 0.3 is 0 Å². The van der Waals surface area contributed by atoms with Gasteiger partial charge in [-0.1, -0.05) is 12.8 Å². The van der Waals surface area contributed by atoms with E-state index in [1.807, 2.05) is 0 Å². The molecular formula is C11H23N3O3S. The number of hydrogen-bond acceptors (Lipinski definition) is 4. The van der Waals surface area contributed by atoms with Crippen molar-refractivity contribution in [1.29, 1.82) is 0 Å². The molecule has 0 aliphatic heterocycles. The number of nitrogens with one attached hydrogen (secondary N) is 1. The van der Waals surface area contributed by atoms with Crippen LogP contribution in [-0.2, 0) is 14.8 Å². The van der Waals surface area contributed by atoms with Gasteiger partial charge in [0.2, 0.25) is 15.9 Å². The van der Waals surface area contributed by atoms with E-state index in [4.69, 9.17) is 5.73 Å². The van der Waals surface area contributed by atoms with Crippen molar-refractivity contribution < 1.29 is 13.2 Å². The molecule has 0 aromatic heterocycles. The number of rotatable bonds is 6. The molecular weight excluding hydrogens is 254 g/mol. The van der Waals surface area contributed by atoms with Gasteiger partial charge in [0.15, 0.2) is 0 Å². The van der Waals surface area contributed by atoms with Crippen LogP contribution in [0.25, 0.3) is 0 Å². The molecule has 106 valence electrons. The van der Waals surface area contributed by atoms with E-state index in [-0.39, 0.29) is 18.2 Å².